The summed E-state index contributed by atoms with van der Waals surface area (Å²) in [4.78, 5) is 4.15. The molecule has 1 aromatic rings. The molecule has 0 aliphatic carbocycles. The van der Waals surface area contributed by atoms with E-state index < -0.39 is 0 Å². The molecule has 2 heteroatoms. The minimum Gasteiger partial charge on any atom is -0.384 e. The molecule has 0 bridgehead atoms. The van der Waals surface area contributed by atoms with Gasteiger partial charge in [0.2, 0.25) is 0 Å². The fraction of sp³-hybridized carbons (Fsp3) is 0.583. The topological polar surface area (TPSA) is 24.9 Å². The number of anilines is 1. The highest BCUT2D eigenvalue weighted by Gasteiger charge is 2.00. The van der Waals surface area contributed by atoms with E-state index in [4.69, 9.17) is 0 Å². The summed E-state index contributed by atoms with van der Waals surface area (Å²) in [5.74, 6) is 0.737. The summed E-state index contributed by atoms with van der Waals surface area (Å²) in [7, 11) is 0. The fourth-order valence-electron chi connectivity index (χ4n) is 1.54. The van der Waals surface area contributed by atoms with Crippen LogP contribution in [-0.4, -0.2) is 11.5 Å². The first-order valence-corrected chi connectivity index (χ1v) is 5.38. The Balaban J connectivity index is 2.37. The van der Waals surface area contributed by atoms with Crippen LogP contribution in [0.25, 0.3) is 0 Å². The van der Waals surface area contributed by atoms with Gasteiger partial charge in [-0.1, -0.05) is 20.3 Å². The van der Waals surface area contributed by atoms with Crippen molar-refractivity contribution in [2.45, 2.75) is 33.6 Å². The smallest absolute Gasteiger partial charge is 0.0529 e. The van der Waals surface area contributed by atoms with E-state index in [1.54, 1.807) is 0 Å². The molecule has 0 aliphatic heterocycles. The SMILES string of the molecule is CCCC(C)CNc1cncc(C)c1. The van der Waals surface area contributed by atoms with E-state index in [9.17, 15) is 0 Å². The molecular formula is C12H20N2. The third kappa shape index (κ3) is 3.77. The molecule has 1 atom stereocenters. The Hall–Kier alpha value is -1.05. The average molecular weight is 192 g/mol. The van der Waals surface area contributed by atoms with Gasteiger partial charge in [0.25, 0.3) is 0 Å². The quantitative estimate of drug-likeness (QED) is 0.774. The lowest BCUT2D eigenvalue weighted by atomic mass is 10.1. The van der Waals surface area contributed by atoms with Crippen molar-refractivity contribution in [2.75, 3.05) is 11.9 Å². The molecule has 1 N–H and O–H groups in total. The van der Waals surface area contributed by atoms with Gasteiger partial charge >= 0.3 is 0 Å². The molecule has 1 aromatic heterocycles. The number of aryl methyl sites for hydroxylation is 1. The normalized spacial score (nSPS) is 12.5. The van der Waals surface area contributed by atoms with E-state index in [2.05, 4.69) is 37.1 Å². The van der Waals surface area contributed by atoms with Gasteiger partial charge in [0.15, 0.2) is 0 Å². The lowest BCUT2D eigenvalue weighted by molar-refractivity contribution is 0.550. The number of nitrogens with zero attached hydrogens (tertiary/aromatic N) is 1. The molecular weight excluding hydrogens is 172 g/mol. The van der Waals surface area contributed by atoms with Crippen LogP contribution >= 0.6 is 0 Å². The lowest BCUT2D eigenvalue weighted by Gasteiger charge is -2.12. The summed E-state index contributed by atoms with van der Waals surface area (Å²) in [5, 5.41) is 3.41. The molecule has 0 aromatic carbocycles. The van der Waals surface area contributed by atoms with Crippen molar-refractivity contribution in [2.24, 2.45) is 5.92 Å². The van der Waals surface area contributed by atoms with Crippen molar-refractivity contribution in [3.05, 3.63) is 24.0 Å². The zero-order valence-corrected chi connectivity index (χ0v) is 9.38. The Morgan fingerprint density at radius 3 is 2.86 bits per heavy atom. The molecule has 2 nitrogen and oxygen atoms in total. The van der Waals surface area contributed by atoms with Gasteiger partial charge in [-0.05, 0) is 30.9 Å². The molecule has 0 spiro atoms. The number of rotatable bonds is 5. The van der Waals surface area contributed by atoms with E-state index in [0.717, 1.165) is 18.2 Å². The van der Waals surface area contributed by atoms with Gasteiger partial charge < -0.3 is 5.32 Å². The zero-order chi connectivity index (χ0) is 10.4. The Morgan fingerprint density at radius 2 is 2.21 bits per heavy atom. The number of pyridine rings is 1. The largest absolute Gasteiger partial charge is 0.384 e. The van der Waals surface area contributed by atoms with Gasteiger partial charge in [0, 0.05) is 18.9 Å². The van der Waals surface area contributed by atoms with Gasteiger partial charge in [0.1, 0.15) is 0 Å². The molecule has 78 valence electrons. The maximum atomic E-state index is 4.15. The summed E-state index contributed by atoms with van der Waals surface area (Å²) >= 11 is 0. The van der Waals surface area contributed by atoms with Crippen LogP contribution in [0.1, 0.15) is 32.3 Å². The third-order valence-corrected chi connectivity index (χ3v) is 2.31. The second-order valence-electron chi connectivity index (χ2n) is 4.03. The van der Waals surface area contributed by atoms with Crippen LogP contribution in [0.3, 0.4) is 0 Å². The van der Waals surface area contributed by atoms with Crippen molar-refractivity contribution < 1.29 is 0 Å². The van der Waals surface area contributed by atoms with Gasteiger partial charge in [-0.3, -0.25) is 4.98 Å². The number of aromatic nitrogens is 1. The molecule has 0 saturated carbocycles. The fourth-order valence-corrected chi connectivity index (χ4v) is 1.54. The molecule has 1 rings (SSSR count). The standard InChI is InChI=1S/C12H20N2/c1-4-5-10(2)8-14-12-6-11(3)7-13-9-12/h6-7,9-10,14H,4-5,8H2,1-3H3. The molecule has 0 amide bonds. The van der Waals surface area contributed by atoms with E-state index >= 15 is 0 Å². The predicted molar refractivity (Wildman–Crippen MR) is 61.5 cm³/mol. The molecule has 0 saturated heterocycles. The first kappa shape index (κ1) is 11.0. The van der Waals surface area contributed by atoms with Crippen LogP contribution in [0.4, 0.5) is 5.69 Å². The predicted octanol–water partition coefficient (Wildman–Crippen LogP) is 3.24. The second kappa shape index (κ2) is 5.63. The first-order valence-electron chi connectivity index (χ1n) is 5.38. The van der Waals surface area contributed by atoms with Crippen LogP contribution in [0.5, 0.6) is 0 Å². The first-order chi connectivity index (χ1) is 6.72. The van der Waals surface area contributed by atoms with E-state index in [1.165, 1.54) is 18.4 Å². The van der Waals surface area contributed by atoms with Gasteiger partial charge in [-0.25, -0.2) is 0 Å². The van der Waals surface area contributed by atoms with Crippen LogP contribution in [0, 0.1) is 12.8 Å². The van der Waals surface area contributed by atoms with Crippen molar-refractivity contribution in [1.82, 2.24) is 4.98 Å². The number of hydrogen-bond acceptors (Lipinski definition) is 2. The van der Waals surface area contributed by atoms with Crippen molar-refractivity contribution in [1.29, 1.82) is 0 Å². The highest BCUT2D eigenvalue weighted by molar-refractivity contribution is 5.42. The summed E-state index contributed by atoms with van der Waals surface area (Å²) in [6.45, 7) is 7.61. The Morgan fingerprint density at radius 1 is 1.43 bits per heavy atom. The third-order valence-electron chi connectivity index (χ3n) is 2.31. The Kier molecular flexibility index (Phi) is 4.44. The monoisotopic (exact) mass is 192 g/mol. The molecule has 1 unspecified atom stereocenters. The highest BCUT2D eigenvalue weighted by atomic mass is 14.9. The van der Waals surface area contributed by atoms with E-state index in [1.807, 2.05) is 12.4 Å². The van der Waals surface area contributed by atoms with Gasteiger partial charge in [-0.15, -0.1) is 0 Å². The number of nitrogens with one attached hydrogen (secondary N) is 1. The van der Waals surface area contributed by atoms with Crippen LogP contribution in [0.2, 0.25) is 0 Å². The van der Waals surface area contributed by atoms with Crippen molar-refractivity contribution in [3.63, 3.8) is 0 Å². The molecule has 1 heterocycles. The van der Waals surface area contributed by atoms with Crippen LogP contribution in [0.15, 0.2) is 18.5 Å². The molecule has 14 heavy (non-hydrogen) atoms. The number of hydrogen-bond donors (Lipinski definition) is 1. The Bertz CT molecular complexity index is 271. The second-order valence-corrected chi connectivity index (χ2v) is 4.03. The zero-order valence-electron chi connectivity index (χ0n) is 9.38. The van der Waals surface area contributed by atoms with Crippen molar-refractivity contribution in [3.8, 4) is 0 Å². The summed E-state index contributed by atoms with van der Waals surface area (Å²) in [5.41, 5.74) is 2.34. The summed E-state index contributed by atoms with van der Waals surface area (Å²) in [6.07, 6.45) is 6.30. The minimum atomic E-state index is 0.737. The average Bonchev–Trinajstić information content (AvgIpc) is 2.15. The summed E-state index contributed by atoms with van der Waals surface area (Å²) in [6, 6.07) is 2.13. The van der Waals surface area contributed by atoms with Gasteiger partial charge in [0.05, 0.1) is 5.69 Å². The maximum Gasteiger partial charge on any atom is 0.0529 e. The Labute approximate surface area is 86.8 Å². The van der Waals surface area contributed by atoms with Gasteiger partial charge in [-0.2, -0.15) is 0 Å². The summed E-state index contributed by atoms with van der Waals surface area (Å²) < 4.78 is 0. The van der Waals surface area contributed by atoms with Crippen molar-refractivity contribution >= 4 is 5.69 Å². The minimum absolute atomic E-state index is 0.737. The van der Waals surface area contributed by atoms with Crippen LogP contribution in [-0.2, 0) is 0 Å². The van der Waals surface area contributed by atoms with E-state index in [0.29, 0.717) is 0 Å². The lowest BCUT2D eigenvalue weighted by Crippen LogP contribution is -2.11. The maximum absolute atomic E-state index is 4.15. The van der Waals surface area contributed by atoms with E-state index in [-0.39, 0.29) is 0 Å². The molecule has 0 radical (unpaired) electrons. The molecule has 0 aliphatic rings. The highest BCUT2D eigenvalue weighted by Crippen LogP contribution is 2.10. The van der Waals surface area contributed by atoms with Crippen LogP contribution < -0.4 is 5.32 Å². The molecule has 0 fully saturated rings.